The molecule has 0 aliphatic heterocycles. The van der Waals surface area contributed by atoms with Crippen LogP contribution in [-0.2, 0) is 4.79 Å². The van der Waals surface area contributed by atoms with Crippen LogP contribution in [-0.4, -0.2) is 40.6 Å². The second-order valence-corrected chi connectivity index (χ2v) is 3.92. The Bertz CT molecular complexity index is 228. The van der Waals surface area contributed by atoms with Crippen LogP contribution in [0.25, 0.3) is 0 Å². The lowest BCUT2D eigenvalue weighted by Crippen LogP contribution is -2.61. The molecule has 0 aromatic rings. The Morgan fingerprint density at radius 1 is 1.54 bits per heavy atom. The number of aliphatic carboxylic acids is 1. The Hall–Kier alpha value is -0.680. The first-order chi connectivity index (χ1) is 5.74. The van der Waals surface area contributed by atoms with Crippen LogP contribution in [0.4, 0.5) is 0 Å². The van der Waals surface area contributed by atoms with Crippen molar-refractivity contribution in [2.45, 2.75) is 19.4 Å². The number of thiocarbonyl (C=S) groups is 1. The zero-order chi connectivity index (χ0) is 10.8. The normalized spacial score (nSPS) is 15.2. The quantitative estimate of drug-likeness (QED) is 0.648. The first kappa shape index (κ1) is 12.3. The first-order valence-electron chi connectivity index (χ1n) is 3.98. The summed E-state index contributed by atoms with van der Waals surface area (Å²) >= 11 is 4.99. The molecule has 0 aromatic carbocycles. The van der Waals surface area contributed by atoms with E-state index in [-0.39, 0.29) is 10.9 Å². The molecule has 0 spiro atoms. The van der Waals surface area contributed by atoms with Crippen LogP contribution < -0.4 is 5.73 Å². The van der Waals surface area contributed by atoms with E-state index in [1.165, 1.54) is 0 Å². The predicted octanol–water partition coefficient (Wildman–Crippen LogP) is 0.314. The highest BCUT2D eigenvalue weighted by Gasteiger charge is 2.42. The van der Waals surface area contributed by atoms with Crippen molar-refractivity contribution in [3.8, 4) is 0 Å². The summed E-state index contributed by atoms with van der Waals surface area (Å²) in [5.74, 6) is -1.32. The summed E-state index contributed by atoms with van der Waals surface area (Å²) in [6.45, 7) is 3.48. The number of rotatable bonds is 3. The lowest BCUT2D eigenvalue weighted by Gasteiger charge is -2.33. The van der Waals surface area contributed by atoms with E-state index in [4.69, 9.17) is 23.1 Å². The molecule has 0 aromatic heterocycles. The second-order valence-electron chi connectivity index (χ2n) is 3.53. The van der Waals surface area contributed by atoms with E-state index in [1.54, 1.807) is 32.8 Å². The minimum absolute atomic E-state index is 0.236. The first-order valence-corrected chi connectivity index (χ1v) is 4.39. The zero-order valence-corrected chi connectivity index (χ0v) is 9.18. The lowest BCUT2D eigenvalue weighted by atomic mass is 9.87. The summed E-state index contributed by atoms with van der Waals surface area (Å²) in [5, 5.41) is 8.98. The summed E-state index contributed by atoms with van der Waals surface area (Å²) in [5.41, 5.74) is 4.30. The maximum atomic E-state index is 11.0. The molecule has 4 nitrogen and oxygen atoms in total. The number of nitrogens with zero attached hydrogens (tertiary/aromatic N) is 1. The van der Waals surface area contributed by atoms with Crippen molar-refractivity contribution in [2.75, 3.05) is 14.1 Å². The summed E-state index contributed by atoms with van der Waals surface area (Å²) in [4.78, 5) is 12.8. The fourth-order valence-electron chi connectivity index (χ4n) is 0.955. The van der Waals surface area contributed by atoms with Gasteiger partial charge in [-0.2, -0.15) is 0 Å². The number of hydrogen-bond donors (Lipinski definition) is 2. The predicted molar refractivity (Wildman–Crippen MR) is 55.7 cm³/mol. The van der Waals surface area contributed by atoms with E-state index in [9.17, 15) is 4.79 Å². The smallest absolute Gasteiger partial charge is 0.331 e. The van der Waals surface area contributed by atoms with Gasteiger partial charge in [-0.3, -0.25) is 0 Å². The van der Waals surface area contributed by atoms with E-state index >= 15 is 0 Å². The minimum Gasteiger partial charge on any atom is -0.480 e. The Kier molecular flexibility index (Phi) is 3.81. The minimum atomic E-state index is -1.45. The van der Waals surface area contributed by atoms with Gasteiger partial charge in [0.1, 0.15) is 4.99 Å². The van der Waals surface area contributed by atoms with Crippen molar-refractivity contribution >= 4 is 23.2 Å². The van der Waals surface area contributed by atoms with Crippen LogP contribution in [0.2, 0.25) is 0 Å². The molecule has 5 heteroatoms. The molecule has 0 fully saturated rings. The van der Waals surface area contributed by atoms with Crippen LogP contribution in [0, 0.1) is 5.92 Å². The van der Waals surface area contributed by atoms with Gasteiger partial charge in [-0.05, 0) is 5.92 Å². The van der Waals surface area contributed by atoms with Crippen molar-refractivity contribution in [3.05, 3.63) is 0 Å². The van der Waals surface area contributed by atoms with E-state index < -0.39 is 11.5 Å². The third kappa shape index (κ3) is 2.16. The maximum Gasteiger partial charge on any atom is 0.331 e. The monoisotopic (exact) mass is 204 g/mol. The molecule has 1 atom stereocenters. The van der Waals surface area contributed by atoms with Gasteiger partial charge >= 0.3 is 5.97 Å². The van der Waals surface area contributed by atoms with Gasteiger partial charge in [0.25, 0.3) is 0 Å². The second kappa shape index (κ2) is 4.02. The molecular formula is C8H16N2O2S. The number of carboxylic acid groups (broad SMARTS) is 1. The molecule has 0 aliphatic carbocycles. The third-order valence-corrected chi connectivity index (χ3v) is 2.73. The van der Waals surface area contributed by atoms with Crippen LogP contribution in [0.5, 0.6) is 0 Å². The molecule has 3 N–H and O–H groups in total. The van der Waals surface area contributed by atoms with Crippen molar-refractivity contribution in [2.24, 2.45) is 11.7 Å². The Morgan fingerprint density at radius 2 is 1.92 bits per heavy atom. The van der Waals surface area contributed by atoms with Gasteiger partial charge in [0, 0.05) is 14.1 Å². The highest BCUT2D eigenvalue weighted by Crippen LogP contribution is 2.17. The fourth-order valence-corrected chi connectivity index (χ4v) is 1.28. The molecule has 0 radical (unpaired) electrons. The molecule has 0 rings (SSSR count). The average Bonchev–Trinajstić information content (AvgIpc) is 2.00. The van der Waals surface area contributed by atoms with Crippen LogP contribution in [0.1, 0.15) is 13.8 Å². The summed E-state index contributed by atoms with van der Waals surface area (Å²) in [6, 6.07) is 0. The molecular weight excluding hydrogens is 188 g/mol. The number of carbonyl (C=O) groups is 1. The van der Waals surface area contributed by atoms with Gasteiger partial charge in [0.05, 0.1) is 0 Å². The molecule has 76 valence electrons. The highest BCUT2D eigenvalue weighted by atomic mass is 32.1. The van der Waals surface area contributed by atoms with Gasteiger partial charge < -0.3 is 15.7 Å². The van der Waals surface area contributed by atoms with Crippen LogP contribution in [0.15, 0.2) is 0 Å². The van der Waals surface area contributed by atoms with Crippen molar-refractivity contribution < 1.29 is 9.90 Å². The molecule has 0 saturated heterocycles. The number of likely N-dealkylation sites (N-methyl/N-ethyl adjacent to an activating group) is 1. The summed E-state index contributed by atoms with van der Waals surface area (Å²) < 4.78 is 0. The van der Waals surface area contributed by atoms with Crippen molar-refractivity contribution in [1.82, 2.24) is 4.90 Å². The van der Waals surface area contributed by atoms with E-state index in [1.807, 2.05) is 0 Å². The zero-order valence-electron chi connectivity index (χ0n) is 8.37. The Balaban J connectivity index is 5.02. The van der Waals surface area contributed by atoms with E-state index in [0.717, 1.165) is 0 Å². The summed E-state index contributed by atoms with van der Waals surface area (Å²) in [6.07, 6.45) is 0. The molecule has 0 heterocycles. The molecule has 0 bridgehead atoms. The van der Waals surface area contributed by atoms with Crippen molar-refractivity contribution in [1.29, 1.82) is 0 Å². The SMILES string of the molecule is CC(C)C(N)(C(=O)O)C(=S)N(C)C. The topological polar surface area (TPSA) is 66.6 Å². The fraction of sp³-hybridized carbons (Fsp3) is 0.750. The molecule has 1 unspecified atom stereocenters. The van der Waals surface area contributed by atoms with Gasteiger partial charge in [-0.1, -0.05) is 26.1 Å². The number of nitrogens with two attached hydrogens (primary N) is 1. The number of hydrogen-bond acceptors (Lipinski definition) is 3. The van der Waals surface area contributed by atoms with E-state index in [0.29, 0.717) is 0 Å². The maximum absolute atomic E-state index is 11.0. The van der Waals surface area contributed by atoms with Crippen LogP contribution >= 0.6 is 12.2 Å². The lowest BCUT2D eigenvalue weighted by molar-refractivity contribution is -0.142. The number of carboxylic acids is 1. The Morgan fingerprint density at radius 3 is 2.00 bits per heavy atom. The summed E-state index contributed by atoms with van der Waals surface area (Å²) in [7, 11) is 3.38. The Labute approximate surface area is 83.7 Å². The molecule has 0 amide bonds. The van der Waals surface area contributed by atoms with Gasteiger partial charge in [-0.15, -0.1) is 0 Å². The largest absolute Gasteiger partial charge is 0.480 e. The third-order valence-electron chi connectivity index (χ3n) is 2.02. The van der Waals surface area contributed by atoms with Gasteiger partial charge in [0.15, 0.2) is 5.54 Å². The standard InChI is InChI=1S/C8H16N2O2S/c1-5(2)8(9,7(11)12)6(13)10(3)4/h5H,9H2,1-4H3,(H,11,12). The van der Waals surface area contributed by atoms with Gasteiger partial charge in [0.2, 0.25) is 0 Å². The van der Waals surface area contributed by atoms with Gasteiger partial charge in [-0.25, -0.2) is 4.79 Å². The molecule has 13 heavy (non-hydrogen) atoms. The average molecular weight is 204 g/mol. The van der Waals surface area contributed by atoms with Crippen LogP contribution in [0.3, 0.4) is 0 Å². The van der Waals surface area contributed by atoms with Crippen molar-refractivity contribution in [3.63, 3.8) is 0 Å². The molecule has 0 saturated carbocycles. The van der Waals surface area contributed by atoms with E-state index in [2.05, 4.69) is 0 Å². The highest BCUT2D eigenvalue weighted by molar-refractivity contribution is 7.80. The molecule has 0 aliphatic rings.